The molecule has 1 N–H and O–H groups in total. The fourth-order valence-corrected chi connectivity index (χ4v) is 4.23. The number of imidazole rings is 1. The first-order valence-electron chi connectivity index (χ1n) is 10.8. The number of aromatic nitrogens is 3. The average molecular weight is 464 g/mol. The third-order valence-corrected chi connectivity index (χ3v) is 6.26. The Morgan fingerprint density at radius 1 is 1.09 bits per heavy atom. The van der Waals surface area contributed by atoms with Crippen molar-refractivity contribution < 1.29 is 9.18 Å². The molecule has 2 aromatic heterocycles. The smallest absolute Gasteiger partial charge is 0.263 e. The molecule has 4 rings (SSSR count). The Balaban J connectivity index is 1.42. The molecule has 0 saturated carbocycles. The predicted octanol–water partition coefficient (Wildman–Crippen LogP) is 4.81. The minimum Gasteiger partial charge on any atom is -0.351 e. The number of hydrogen-bond acceptors (Lipinski definition) is 5. The molecule has 0 aliphatic carbocycles. The van der Waals surface area contributed by atoms with Gasteiger partial charge < -0.3 is 14.8 Å². The molecule has 0 aliphatic heterocycles. The maximum absolute atomic E-state index is 13.4. The van der Waals surface area contributed by atoms with E-state index in [1.807, 2.05) is 10.8 Å². The number of nitrogens with one attached hydrogen (secondary N) is 1. The van der Waals surface area contributed by atoms with Crippen LogP contribution in [0.15, 0.2) is 73.4 Å². The zero-order chi connectivity index (χ0) is 23.0. The van der Waals surface area contributed by atoms with Crippen LogP contribution in [0.1, 0.15) is 32.8 Å². The van der Waals surface area contributed by atoms with Crippen LogP contribution in [0.2, 0.25) is 0 Å². The predicted molar refractivity (Wildman–Crippen MR) is 129 cm³/mol. The zero-order valence-corrected chi connectivity index (χ0v) is 19.3. The topological polar surface area (TPSA) is 63.1 Å². The number of benzene rings is 2. The van der Waals surface area contributed by atoms with E-state index in [1.54, 1.807) is 30.9 Å². The van der Waals surface area contributed by atoms with E-state index in [-0.39, 0.29) is 11.7 Å². The summed E-state index contributed by atoms with van der Waals surface area (Å²) in [5.41, 5.74) is 3.32. The zero-order valence-electron chi connectivity index (χ0n) is 18.4. The van der Waals surface area contributed by atoms with Gasteiger partial charge in [-0.3, -0.25) is 4.79 Å². The molecular weight excluding hydrogens is 437 g/mol. The fraction of sp³-hybridized carbons (Fsp3) is 0.240. The van der Waals surface area contributed by atoms with Crippen molar-refractivity contribution in [3.63, 3.8) is 0 Å². The highest BCUT2D eigenvalue weighted by molar-refractivity contribution is 7.17. The van der Waals surface area contributed by atoms with Crippen molar-refractivity contribution >= 4 is 22.4 Å². The normalized spacial score (nSPS) is 10.8. The average Bonchev–Trinajstić information content (AvgIpc) is 3.52. The van der Waals surface area contributed by atoms with Crippen LogP contribution in [0.4, 0.5) is 9.52 Å². The Morgan fingerprint density at radius 2 is 1.79 bits per heavy atom. The van der Waals surface area contributed by atoms with E-state index in [4.69, 9.17) is 0 Å². The Bertz CT molecular complexity index is 1110. The molecule has 0 atom stereocenters. The Morgan fingerprint density at radius 3 is 2.45 bits per heavy atom. The van der Waals surface area contributed by atoms with Gasteiger partial charge in [-0.1, -0.05) is 53.3 Å². The van der Waals surface area contributed by atoms with Crippen molar-refractivity contribution in [2.45, 2.75) is 33.0 Å². The number of rotatable bonds is 10. The first kappa shape index (κ1) is 22.7. The Hall–Kier alpha value is -3.52. The lowest BCUT2D eigenvalue weighted by Gasteiger charge is -2.22. The van der Waals surface area contributed by atoms with Crippen LogP contribution < -0.4 is 10.2 Å². The van der Waals surface area contributed by atoms with E-state index < -0.39 is 0 Å². The van der Waals surface area contributed by atoms with Crippen molar-refractivity contribution in [3.8, 4) is 0 Å². The number of anilines is 1. The maximum atomic E-state index is 13.4. The van der Waals surface area contributed by atoms with Crippen LogP contribution in [0.25, 0.3) is 0 Å². The number of carbonyl (C=O) groups is 1. The van der Waals surface area contributed by atoms with Gasteiger partial charge in [0, 0.05) is 38.6 Å². The van der Waals surface area contributed by atoms with Crippen LogP contribution in [0.3, 0.4) is 0 Å². The molecule has 33 heavy (non-hydrogen) atoms. The van der Waals surface area contributed by atoms with Gasteiger partial charge in [-0.25, -0.2) is 14.4 Å². The largest absolute Gasteiger partial charge is 0.351 e. The van der Waals surface area contributed by atoms with Crippen LogP contribution in [0, 0.1) is 12.7 Å². The lowest BCUT2D eigenvalue weighted by Crippen LogP contribution is -2.24. The van der Waals surface area contributed by atoms with Crippen molar-refractivity contribution in [1.29, 1.82) is 0 Å². The summed E-state index contributed by atoms with van der Waals surface area (Å²) in [6.45, 7) is 4.63. The first-order chi connectivity index (χ1) is 16.1. The number of halogens is 1. The molecule has 0 spiro atoms. The number of thiazole rings is 1. The molecule has 0 bridgehead atoms. The summed E-state index contributed by atoms with van der Waals surface area (Å²) >= 11 is 1.36. The lowest BCUT2D eigenvalue weighted by atomic mass is 10.1. The summed E-state index contributed by atoms with van der Waals surface area (Å²) in [7, 11) is 0. The van der Waals surface area contributed by atoms with E-state index >= 15 is 0 Å². The molecule has 170 valence electrons. The second kappa shape index (κ2) is 10.9. The molecule has 8 heteroatoms. The molecule has 2 aromatic carbocycles. The number of hydrogen-bond donors (Lipinski definition) is 1. The summed E-state index contributed by atoms with van der Waals surface area (Å²) in [6.07, 6.45) is 7.85. The maximum Gasteiger partial charge on any atom is 0.263 e. The molecule has 4 aromatic rings. The van der Waals surface area contributed by atoms with E-state index in [2.05, 4.69) is 51.4 Å². The summed E-state index contributed by atoms with van der Waals surface area (Å²) in [5, 5.41) is 3.72. The van der Waals surface area contributed by atoms with Gasteiger partial charge in [0.1, 0.15) is 10.7 Å². The molecule has 0 fully saturated rings. The minimum atomic E-state index is -0.259. The van der Waals surface area contributed by atoms with Gasteiger partial charge in [-0.05, 0) is 36.6 Å². The number of amides is 1. The molecular formula is C25H26FN5OS. The molecule has 0 radical (unpaired) electrons. The van der Waals surface area contributed by atoms with Crippen LogP contribution in [0.5, 0.6) is 0 Å². The van der Waals surface area contributed by atoms with Crippen molar-refractivity contribution in [2.24, 2.45) is 0 Å². The van der Waals surface area contributed by atoms with Gasteiger partial charge in [-0.15, -0.1) is 0 Å². The van der Waals surface area contributed by atoms with Crippen molar-refractivity contribution in [1.82, 2.24) is 19.9 Å². The van der Waals surface area contributed by atoms with Crippen molar-refractivity contribution in [2.75, 3.05) is 11.4 Å². The second-order valence-electron chi connectivity index (χ2n) is 7.89. The molecule has 6 nitrogen and oxygen atoms in total. The van der Waals surface area contributed by atoms with E-state index in [0.717, 1.165) is 29.2 Å². The highest BCUT2D eigenvalue weighted by Gasteiger charge is 2.16. The SMILES string of the molecule is Cc1ccc(CN(Cc2ccc(F)cc2)c2ncc(C(=O)NCCCn3ccnc3)s2)cc1. The summed E-state index contributed by atoms with van der Waals surface area (Å²) < 4.78 is 15.3. The van der Waals surface area contributed by atoms with Crippen LogP contribution in [-0.2, 0) is 19.6 Å². The molecule has 0 saturated heterocycles. The Labute approximate surface area is 196 Å². The standard InChI is InChI=1S/C25H26FN5OS/c1-19-3-5-20(6-4-19)16-31(17-21-7-9-22(26)10-8-21)25-29-15-23(33-25)24(32)28-11-2-13-30-14-12-27-18-30/h3-10,12,14-15,18H,2,11,13,16-17H2,1H3,(H,28,32). The molecule has 0 unspecified atom stereocenters. The van der Waals surface area contributed by atoms with Crippen LogP contribution in [-0.4, -0.2) is 27.0 Å². The molecule has 2 heterocycles. The molecule has 1 amide bonds. The minimum absolute atomic E-state index is 0.124. The highest BCUT2D eigenvalue weighted by Crippen LogP contribution is 2.26. The van der Waals surface area contributed by atoms with Gasteiger partial charge >= 0.3 is 0 Å². The highest BCUT2D eigenvalue weighted by atomic mass is 32.1. The second-order valence-corrected chi connectivity index (χ2v) is 8.89. The summed E-state index contributed by atoms with van der Waals surface area (Å²) in [4.78, 5) is 23.8. The fourth-order valence-electron chi connectivity index (χ4n) is 3.40. The van der Waals surface area contributed by atoms with Gasteiger partial charge in [0.05, 0.1) is 12.5 Å². The third kappa shape index (κ3) is 6.49. The van der Waals surface area contributed by atoms with Gasteiger partial charge in [0.15, 0.2) is 5.13 Å². The van der Waals surface area contributed by atoms with E-state index in [1.165, 1.54) is 29.0 Å². The third-order valence-electron chi connectivity index (χ3n) is 5.21. The van der Waals surface area contributed by atoms with Crippen LogP contribution >= 0.6 is 11.3 Å². The number of aryl methyl sites for hydroxylation is 2. The number of carbonyl (C=O) groups excluding carboxylic acids is 1. The van der Waals surface area contributed by atoms with Crippen molar-refractivity contribution in [3.05, 3.63) is 101 Å². The first-order valence-corrected chi connectivity index (χ1v) is 11.6. The summed E-state index contributed by atoms with van der Waals surface area (Å²) in [6, 6.07) is 14.8. The van der Waals surface area contributed by atoms with Gasteiger partial charge in [-0.2, -0.15) is 0 Å². The van der Waals surface area contributed by atoms with E-state index in [9.17, 15) is 9.18 Å². The quantitative estimate of drug-likeness (QED) is 0.343. The number of nitrogens with zero attached hydrogens (tertiary/aromatic N) is 4. The van der Waals surface area contributed by atoms with Gasteiger partial charge in [0.2, 0.25) is 0 Å². The summed E-state index contributed by atoms with van der Waals surface area (Å²) in [5.74, 6) is -0.383. The molecule has 0 aliphatic rings. The van der Waals surface area contributed by atoms with E-state index in [0.29, 0.717) is 24.5 Å². The lowest BCUT2D eigenvalue weighted by molar-refractivity contribution is 0.0956. The van der Waals surface area contributed by atoms with Gasteiger partial charge in [0.25, 0.3) is 5.91 Å². The monoisotopic (exact) mass is 463 g/mol. The Kier molecular flexibility index (Phi) is 7.47.